The van der Waals surface area contributed by atoms with Crippen LogP contribution in [0.4, 0.5) is 0 Å². The molecule has 0 fully saturated rings. The fraction of sp³-hybridized carbons (Fsp3) is 0. The summed E-state index contributed by atoms with van der Waals surface area (Å²) < 4.78 is 7.25. The molecule has 0 spiro atoms. The van der Waals surface area contributed by atoms with Crippen LogP contribution in [-0.2, 0) is 0 Å². The van der Waals surface area contributed by atoms with Crippen molar-refractivity contribution >= 4 is 76.2 Å². The maximum Gasteiger partial charge on any atom is 0.0562 e. The lowest BCUT2D eigenvalue weighted by molar-refractivity contribution is 1.15. The number of benzene rings is 9. The smallest absolute Gasteiger partial charge is 0.0562 e. The Balaban J connectivity index is 1.07. The van der Waals surface area contributed by atoms with Gasteiger partial charge in [-0.3, -0.25) is 0 Å². The molecule has 0 bridgehead atoms. The van der Waals surface area contributed by atoms with Crippen molar-refractivity contribution < 1.29 is 0 Å². The first-order valence-corrected chi connectivity index (χ1v) is 18.9. The minimum absolute atomic E-state index is 1.14. The third-order valence-electron chi connectivity index (χ3n) is 11.6. The standard InChI is InChI=1S/C52H33N3/c1-3-14-37(15-4-1)53-46-21-11-9-19-41(46)44-31-35(24-28-48(44)53)36-25-29-49-45(32-36)42-20-10-12-22-47(42)55(49)39-26-27-43-51(33-39)54(38-16-5-2-6-17-38)50-30-23-34-13-7-8-18-40(34)52(43)50/h1-33H. The molecule has 0 saturated heterocycles. The lowest BCUT2D eigenvalue weighted by Crippen LogP contribution is -1.96. The van der Waals surface area contributed by atoms with Crippen molar-refractivity contribution in [3.05, 3.63) is 200 Å². The van der Waals surface area contributed by atoms with Gasteiger partial charge in [-0.25, -0.2) is 0 Å². The van der Waals surface area contributed by atoms with E-state index in [-0.39, 0.29) is 0 Å². The van der Waals surface area contributed by atoms with E-state index >= 15 is 0 Å². The molecule has 0 unspecified atom stereocenters. The Morgan fingerprint density at radius 1 is 0.236 bits per heavy atom. The third-order valence-corrected chi connectivity index (χ3v) is 11.6. The van der Waals surface area contributed by atoms with Gasteiger partial charge in [-0.05, 0) is 101 Å². The fourth-order valence-corrected chi connectivity index (χ4v) is 9.21. The van der Waals surface area contributed by atoms with Gasteiger partial charge in [-0.1, -0.05) is 121 Å². The molecule has 0 aliphatic rings. The maximum absolute atomic E-state index is 2.44. The molecule has 0 radical (unpaired) electrons. The number of rotatable bonds is 4. The number of hydrogen-bond donors (Lipinski definition) is 0. The highest BCUT2D eigenvalue weighted by Gasteiger charge is 2.19. The first-order chi connectivity index (χ1) is 27.3. The Hall–Kier alpha value is -7.36. The quantitative estimate of drug-likeness (QED) is 0.174. The van der Waals surface area contributed by atoms with E-state index in [1.807, 2.05) is 0 Å². The molecule has 0 atom stereocenters. The molecule has 9 aromatic carbocycles. The molecule has 0 aliphatic heterocycles. The molecule has 55 heavy (non-hydrogen) atoms. The highest BCUT2D eigenvalue weighted by Crippen LogP contribution is 2.41. The summed E-state index contributed by atoms with van der Waals surface area (Å²) in [6, 6.07) is 73.2. The zero-order valence-electron chi connectivity index (χ0n) is 29.9. The molecule has 12 rings (SSSR count). The van der Waals surface area contributed by atoms with Gasteiger partial charge in [0.25, 0.3) is 0 Å². The van der Waals surface area contributed by atoms with E-state index in [1.54, 1.807) is 0 Å². The molecule has 0 aliphatic carbocycles. The Kier molecular flexibility index (Phi) is 6.34. The molecule has 3 nitrogen and oxygen atoms in total. The number of para-hydroxylation sites is 4. The van der Waals surface area contributed by atoms with Gasteiger partial charge in [0.1, 0.15) is 0 Å². The summed E-state index contributed by atoms with van der Waals surface area (Å²) in [5, 5.41) is 10.1. The van der Waals surface area contributed by atoms with Gasteiger partial charge in [0.05, 0.1) is 33.1 Å². The SMILES string of the molecule is c1ccc(-n2c3ccccc3c3cc(-c4ccc5c(c4)c4ccccc4n5-c4ccc5c6c7ccccc7ccc6n(-c6ccccc6)c5c4)ccc32)cc1. The van der Waals surface area contributed by atoms with Crippen LogP contribution < -0.4 is 0 Å². The summed E-state index contributed by atoms with van der Waals surface area (Å²) in [4.78, 5) is 0. The molecule has 0 saturated carbocycles. The van der Waals surface area contributed by atoms with Crippen molar-refractivity contribution in [1.82, 2.24) is 13.7 Å². The van der Waals surface area contributed by atoms with Crippen LogP contribution >= 0.6 is 0 Å². The van der Waals surface area contributed by atoms with Crippen LogP contribution in [-0.4, -0.2) is 13.7 Å². The average molecular weight is 700 g/mol. The largest absolute Gasteiger partial charge is 0.309 e. The zero-order chi connectivity index (χ0) is 36.0. The van der Waals surface area contributed by atoms with Crippen molar-refractivity contribution in [2.75, 3.05) is 0 Å². The summed E-state index contributed by atoms with van der Waals surface area (Å²) in [5.74, 6) is 0. The van der Waals surface area contributed by atoms with Crippen LogP contribution in [0.1, 0.15) is 0 Å². The normalized spacial score (nSPS) is 12.0. The van der Waals surface area contributed by atoms with E-state index in [0.29, 0.717) is 0 Å². The van der Waals surface area contributed by atoms with Gasteiger partial charge < -0.3 is 13.7 Å². The van der Waals surface area contributed by atoms with Crippen molar-refractivity contribution in [1.29, 1.82) is 0 Å². The summed E-state index contributed by atoms with van der Waals surface area (Å²) in [7, 11) is 0. The summed E-state index contributed by atoms with van der Waals surface area (Å²) in [6.07, 6.45) is 0. The van der Waals surface area contributed by atoms with Crippen LogP contribution in [0.2, 0.25) is 0 Å². The van der Waals surface area contributed by atoms with E-state index in [0.717, 1.165) is 11.4 Å². The van der Waals surface area contributed by atoms with E-state index in [4.69, 9.17) is 0 Å². The van der Waals surface area contributed by atoms with E-state index in [9.17, 15) is 0 Å². The number of fused-ring (bicyclic) bond motifs is 11. The first-order valence-electron chi connectivity index (χ1n) is 18.9. The van der Waals surface area contributed by atoms with Gasteiger partial charge in [-0.15, -0.1) is 0 Å². The maximum atomic E-state index is 2.44. The van der Waals surface area contributed by atoms with Crippen LogP contribution in [0.15, 0.2) is 200 Å². The van der Waals surface area contributed by atoms with Crippen LogP contribution in [0, 0.1) is 0 Å². The van der Waals surface area contributed by atoms with Crippen molar-refractivity contribution in [3.63, 3.8) is 0 Å². The molecule has 3 heterocycles. The van der Waals surface area contributed by atoms with Gasteiger partial charge in [0.15, 0.2) is 0 Å². The van der Waals surface area contributed by atoms with Gasteiger partial charge in [-0.2, -0.15) is 0 Å². The van der Waals surface area contributed by atoms with Crippen molar-refractivity contribution in [3.8, 4) is 28.2 Å². The highest BCUT2D eigenvalue weighted by molar-refractivity contribution is 6.22. The van der Waals surface area contributed by atoms with E-state index in [2.05, 4.69) is 214 Å². The minimum Gasteiger partial charge on any atom is -0.309 e. The first kappa shape index (κ1) is 30.1. The number of hydrogen-bond acceptors (Lipinski definition) is 0. The zero-order valence-corrected chi connectivity index (χ0v) is 29.9. The lowest BCUT2D eigenvalue weighted by atomic mass is 10.0. The minimum atomic E-state index is 1.14. The molecule has 0 amide bonds. The predicted octanol–water partition coefficient (Wildman–Crippen LogP) is 13.8. The monoisotopic (exact) mass is 699 g/mol. The van der Waals surface area contributed by atoms with E-state index in [1.165, 1.54) is 93.0 Å². The van der Waals surface area contributed by atoms with Gasteiger partial charge >= 0.3 is 0 Å². The summed E-state index contributed by atoms with van der Waals surface area (Å²) >= 11 is 0. The highest BCUT2D eigenvalue weighted by atomic mass is 15.0. The molecular formula is C52H33N3. The summed E-state index contributed by atoms with van der Waals surface area (Å²) in [5.41, 5.74) is 13.1. The van der Waals surface area contributed by atoms with Crippen LogP contribution in [0.25, 0.3) is 104 Å². The second-order valence-electron chi connectivity index (χ2n) is 14.6. The molecule has 3 aromatic heterocycles. The average Bonchev–Trinajstić information content (AvgIpc) is 3.89. The second-order valence-corrected chi connectivity index (χ2v) is 14.6. The van der Waals surface area contributed by atoms with Crippen LogP contribution in [0.3, 0.4) is 0 Å². The molecule has 0 N–H and O–H groups in total. The third kappa shape index (κ3) is 4.38. The Morgan fingerprint density at radius 2 is 0.709 bits per heavy atom. The second kappa shape index (κ2) is 11.6. The van der Waals surface area contributed by atoms with Crippen molar-refractivity contribution in [2.24, 2.45) is 0 Å². The van der Waals surface area contributed by atoms with Gasteiger partial charge in [0.2, 0.25) is 0 Å². The Bertz CT molecular complexity index is 3470. The van der Waals surface area contributed by atoms with Crippen molar-refractivity contribution in [2.45, 2.75) is 0 Å². The Morgan fingerprint density at radius 3 is 1.33 bits per heavy atom. The molecule has 3 heteroatoms. The lowest BCUT2D eigenvalue weighted by Gasteiger charge is -2.11. The molecule has 256 valence electrons. The van der Waals surface area contributed by atoms with Gasteiger partial charge in [0, 0.05) is 49.4 Å². The topological polar surface area (TPSA) is 14.8 Å². The number of aromatic nitrogens is 3. The fourth-order valence-electron chi connectivity index (χ4n) is 9.21. The van der Waals surface area contributed by atoms with Crippen LogP contribution in [0.5, 0.6) is 0 Å². The predicted molar refractivity (Wildman–Crippen MR) is 232 cm³/mol. The number of nitrogens with zero attached hydrogens (tertiary/aromatic N) is 3. The molecular weight excluding hydrogens is 667 g/mol. The molecule has 12 aromatic rings. The van der Waals surface area contributed by atoms with E-state index < -0.39 is 0 Å². The summed E-state index contributed by atoms with van der Waals surface area (Å²) in [6.45, 7) is 0. The Labute approximate surface area is 317 Å².